The van der Waals surface area contributed by atoms with E-state index in [1.807, 2.05) is 19.1 Å². The first-order valence-corrected chi connectivity index (χ1v) is 9.07. The molecule has 22 heavy (non-hydrogen) atoms. The molecule has 1 aliphatic rings. The Morgan fingerprint density at radius 2 is 2.27 bits per heavy atom. The van der Waals surface area contributed by atoms with E-state index in [0.717, 1.165) is 15.0 Å². The van der Waals surface area contributed by atoms with E-state index in [0.29, 0.717) is 22.5 Å². The van der Waals surface area contributed by atoms with E-state index in [1.54, 1.807) is 6.07 Å². The molecular weight excluding hydrogens is 340 g/mol. The summed E-state index contributed by atoms with van der Waals surface area (Å²) in [5.41, 5.74) is 1.69. The largest absolute Gasteiger partial charge is 0.357 e. The highest BCUT2D eigenvalue weighted by Gasteiger charge is 2.22. The number of nitrogens with zero attached hydrogens (tertiary/aromatic N) is 2. The van der Waals surface area contributed by atoms with Crippen LogP contribution >= 0.6 is 34.7 Å². The van der Waals surface area contributed by atoms with Crippen molar-refractivity contribution in [2.24, 2.45) is 0 Å². The SMILES string of the molecule is Cc1ccc(NC(=O)CSc2nnc(NC3CC3)s2)cc1Cl. The topological polar surface area (TPSA) is 66.9 Å². The lowest BCUT2D eigenvalue weighted by Gasteiger charge is -2.05. The molecule has 1 heterocycles. The number of carbonyl (C=O) groups excluding carboxylic acids is 1. The molecule has 0 saturated heterocycles. The fourth-order valence-electron chi connectivity index (χ4n) is 1.72. The van der Waals surface area contributed by atoms with Crippen LogP contribution in [0.5, 0.6) is 0 Å². The maximum absolute atomic E-state index is 11.9. The summed E-state index contributed by atoms with van der Waals surface area (Å²) in [6, 6.07) is 6.03. The van der Waals surface area contributed by atoms with Gasteiger partial charge in [-0.25, -0.2) is 0 Å². The zero-order valence-electron chi connectivity index (χ0n) is 11.9. The summed E-state index contributed by atoms with van der Waals surface area (Å²) in [4.78, 5) is 11.9. The van der Waals surface area contributed by atoms with E-state index in [9.17, 15) is 4.79 Å². The molecule has 0 bridgehead atoms. The van der Waals surface area contributed by atoms with Crippen molar-refractivity contribution in [3.05, 3.63) is 28.8 Å². The van der Waals surface area contributed by atoms with Crippen molar-refractivity contribution < 1.29 is 4.79 Å². The molecule has 0 unspecified atom stereocenters. The van der Waals surface area contributed by atoms with E-state index < -0.39 is 0 Å². The van der Waals surface area contributed by atoms with Gasteiger partial charge in [-0.2, -0.15) is 0 Å². The van der Waals surface area contributed by atoms with Crippen LogP contribution in [-0.4, -0.2) is 27.9 Å². The van der Waals surface area contributed by atoms with Gasteiger partial charge >= 0.3 is 0 Å². The minimum absolute atomic E-state index is 0.0863. The molecule has 0 spiro atoms. The number of hydrogen-bond acceptors (Lipinski definition) is 6. The number of thioether (sulfide) groups is 1. The molecule has 5 nitrogen and oxygen atoms in total. The van der Waals surface area contributed by atoms with Crippen molar-refractivity contribution >= 4 is 51.4 Å². The highest BCUT2D eigenvalue weighted by Crippen LogP contribution is 2.30. The Bertz CT molecular complexity index is 687. The van der Waals surface area contributed by atoms with E-state index in [4.69, 9.17) is 11.6 Å². The van der Waals surface area contributed by atoms with Crippen LogP contribution in [0.1, 0.15) is 18.4 Å². The molecule has 0 atom stereocenters. The number of nitrogens with one attached hydrogen (secondary N) is 2. The van der Waals surface area contributed by atoms with Gasteiger partial charge in [0.25, 0.3) is 0 Å². The van der Waals surface area contributed by atoms with Crippen LogP contribution in [0.15, 0.2) is 22.5 Å². The van der Waals surface area contributed by atoms with Gasteiger partial charge in [0, 0.05) is 16.8 Å². The second-order valence-corrected chi connectivity index (χ2v) is 7.70. The number of carbonyl (C=O) groups is 1. The summed E-state index contributed by atoms with van der Waals surface area (Å²) in [5.74, 6) is 0.209. The zero-order chi connectivity index (χ0) is 15.5. The van der Waals surface area contributed by atoms with Crippen molar-refractivity contribution in [1.29, 1.82) is 0 Å². The quantitative estimate of drug-likeness (QED) is 0.772. The molecule has 1 aromatic heterocycles. The van der Waals surface area contributed by atoms with Gasteiger partial charge < -0.3 is 10.6 Å². The van der Waals surface area contributed by atoms with Crippen LogP contribution in [0.4, 0.5) is 10.8 Å². The molecule has 1 aromatic carbocycles. The zero-order valence-corrected chi connectivity index (χ0v) is 14.3. The Hall–Kier alpha value is -1.31. The van der Waals surface area contributed by atoms with Crippen LogP contribution < -0.4 is 10.6 Å². The maximum Gasteiger partial charge on any atom is 0.234 e. The first-order valence-electron chi connectivity index (χ1n) is 6.89. The van der Waals surface area contributed by atoms with Crippen LogP contribution in [-0.2, 0) is 4.79 Å². The molecular formula is C14H15ClN4OS2. The van der Waals surface area contributed by atoms with Gasteiger partial charge in [-0.15, -0.1) is 10.2 Å². The van der Waals surface area contributed by atoms with Crippen LogP contribution in [0.2, 0.25) is 5.02 Å². The van der Waals surface area contributed by atoms with Crippen molar-refractivity contribution in [1.82, 2.24) is 10.2 Å². The molecule has 1 aliphatic carbocycles. The predicted octanol–water partition coefficient (Wildman–Crippen LogP) is 3.81. The number of aromatic nitrogens is 2. The molecule has 1 saturated carbocycles. The van der Waals surface area contributed by atoms with Gasteiger partial charge in [-0.05, 0) is 37.5 Å². The molecule has 1 fully saturated rings. The number of anilines is 2. The molecule has 0 radical (unpaired) electrons. The smallest absolute Gasteiger partial charge is 0.234 e. The Labute approximate surface area is 141 Å². The van der Waals surface area contributed by atoms with Gasteiger partial charge in [0.15, 0.2) is 4.34 Å². The standard InChI is InChI=1S/C14H15ClN4OS2/c1-8-2-3-10(6-11(8)15)16-12(20)7-21-14-19-18-13(22-14)17-9-4-5-9/h2-3,6,9H,4-5,7H2,1H3,(H,16,20)(H,17,18). The van der Waals surface area contributed by atoms with Gasteiger partial charge in [-0.3, -0.25) is 4.79 Å². The molecule has 2 aromatic rings. The number of rotatable bonds is 6. The fraction of sp³-hybridized carbons (Fsp3) is 0.357. The monoisotopic (exact) mass is 354 g/mol. The lowest BCUT2D eigenvalue weighted by atomic mass is 10.2. The molecule has 1 amide bonds. The average Bonchev–Trinajstić information content (AvgIpc) is 3.18. The minimum atomic E-state index is -0.0863. The average molecular weight is 355 g/mol. The summed E-state index contributed by atoms with van der Waals surface area (Å²) in [6.45, 7) is 1.92. The molecule has 8 heteroatoms. The fourth-order valence-corrected chi connectivity index (χ4v) is 3.53. The third-order valence-corrected chi connectivity index (χ3v) is 5.49. The summed E-state index contributed by atoms with van der Waals surface area (Å²) in [7, 11) is 0. The Kier molecular flexibility index (Phi) is 4.85. The normalized spacial score (nSPS) is 13.9. The number of hydrogen-bond donors (Lipinski definition) is 2. The molecule has 0 aliphatic heterocycles. The van der Waals surface area contributed by atoms with Crippen molar-refractivity contribution in [3.8, 4) is 0 Å². The minimum Gasteiger partial charge on any atom is -0.357 e. The first kappa shape index (κ1) is 15.6. The van der Waals surface area contributed by atoms with Gasteiger partial charge in [0.05, 0.1) is 5.75 Å². The first-order chi connectivity index (χ1) is 10.6. The van der Waals surface area contributed by atoms with E-state index in [1.165, 1.54) is 35.9 Å². The Morgan fingerprint density at radius 3 is 3.00 bits per heavy atom. The lowest BCUT2D eigenvalue weighted by Crippen LogP contribution is -2.13. The number of aryl methyl sites for hydroxylation is 1. The van der Waals surface area contributed by atoms with Gasteiger partial charge in [0.1, 0.15) is 0 Å². The summed E-state index contributed by atoms with van der Waals surface area (Å²) in [6.07, 6.45) is 2.40. The summed E-state index contributed by atoms with van der Waals surface area (Å²) < 4.78 is 0.792. The van der Waals surface area contributed by atoms with Gasteiger partial charge in [-0.1, -0.05) is 40.8 Å². The second-order valence-electron chi connectivity index (χ2n) is 5.09. The Morgan fingerprint density at radius 1 is 1.45 bits per heavy atom. The number of benzene rings is 1. The van der Waals surface area contributed by atoms with Gasteiger partial charge in [0.2, 0.25) is 11.0 Å². The highest BCUT2D eigenvalue weighted by atomic mass is 35.5. The van der Waals surface area contributed by atoms with Crippen molar-refractivity contribution in [2.45, 2.75) is 30.1 Å². The lowest BCUT2D eigenvalue weighted by molar-refractivity contribution is -0.113. The predicted molar refractivity (Wildman–Crippen MR) is 92.1 cm³/mol. The summed E-state index contributed by atoms with van der Waals surface area (Å²) in [5, 5.41) is 15.7. The van der Waals surface area contributed by atoms with Crippen LogP contribution in [0, 0.1) is 6.92 Å². The third kappa shape index (κ3) is 4.34. The maximum atomic E-state index is 11.9. The van der Waals surface area contributed by atoms with Crippen LogP contribution in [0.25, 0.3) is 0 Å². The Balaban J connectivity index is 1.48. The van der Waals surface area contributed by atoms with Crippen molar-refractivity contribution in [3.63, 3.8) is 0 Å². The van der Waals surface area contributed by atoms with E-state index in [2.05, 4.69) is 20.8 Å². The molecule has 116 valence electrons. The molecule has 2 N–H and O–H groups in total. The number of halogens is 1. The van der Waals surface area contributed by atoms with Crippen LogP contribution in [0.3, 0.4) is 0 Å². The van der Waals surface area contributed by atoms with Crippen molar-refractivity contribution in [2.75, 3.05) is 16.4 Å². The van der Waals surface area contributed by atoms with E-state index in [-0.39, 0.29) is 5.91 Å². The second kappa shape index (κ2) is 6.85. The van der Waals surface area contributed by atoms with E-state index >= 15 is 0 Å². The number of amides is 1. The highest BCUT2D eigenvalue weighted by molar-refractivity contribution is 8.01. The third-order valence-electron chi connectivity index (χ3n) is 3.09. The summed E-state index contributed by atoms with van der Waals surface area (Å²) >= 11 is 8.91. The molecule has 3 rings (SSSR count).